The number of nitrogens with zero attached hydrogens (tertiary/aromatic N) is 4. The number of hydrogen-bond acceptors (Lipinski definition) is 10. The number of carbonyl (C=O) groups is 1. The number of nitrogens with one attached hydrogen (secondary N) is 1. The van der Waals surface area contributed by atoms with Crippen LogP contribution in [0.4, 0.5) is 5.13 Å². The van der Waals surface area contributed by atoms with E-state index in [1.165, 1.54) is 11.3 Å². The summed E-state index contributed by atoms with van der Waals surface area (Å²) in [5, 5.41) is 20.0. The van der Waals surface area contributed by atoms with Crippen molar-refractivity contribution in [1.82, 2.24) is 20.4 Å². The second-order valence-electron chi connectivity index (χ2n) is 5.12. The summed E-state index contributed by atoms with van der Waals surface area (Å²) in [6.07, 6.45) is 0.783. The van der Waals surface area contributed by atoms with E-state index in [0.717, 1.165) is 28.9 Å². The molecule has 3 aromatic rings. The van der Waals surface area contributed by atoms with Crippen LogP contribution in [0.5, 0.6) is 11.5 Å². The zero-order valence-electron chi connectivity index (χ0n) is 14.7. The number of carbonyl (C=O) groups excluding carboxylic acids is 1. The first kappa shape index (κ1) is 19.1. The largest absolute Gasteiger partial charge is 0.497 e. The molecule has 0 saturated heterocycles. The minimum absolute atomic E-state index is 0.127. The molecule has 2 heterocycles. The molecule has 0 unspecified atom stereocenters. The molecule has 0 spiro atoms. The lowest BCUT2D eigenvalue weighted by molar-refractivity contribution is -0.113. The maximum absolute atomic E-state index is 11.9. The molecule has 1 aromatic carbocycles. The van der Waals surface area contributed by atoms with Crippen molar-refractivity contribution in [2.75, 3.05) is 18.2 Å². The van der Waals surface area contributed by atoms with Gasteiger partial charge in [-0.1, -0.05) is 30.0 Å². The summed E-state index contributed by atoms with van der Waals surface area (Å²) in [7, 11) is 1.60. The molecule has 0 fully saturated rings. The smallest absolute Gasteiger partial charge is 0.277 e. The van der Waals surface area contributed by atoms with Crippen LogP contribution in [0.1, 0.15) is 17.8 Å². The summed E-state index contributed by atoms with van der Waals surface area (Å²) in [4.78, 5) is 11.9. The number of benzene rings is 1. The normalized spacial score (nSPS) is 10.6. The van der Waals surface area contributed by atoms with E-state index in [2.05, 4.69) is 25.7 Å². The number of aromatic nitrogens is 4. The molecule has 0 aliphatic carbocycles. The van der Waals surface area contributed by atoms with Crippen molar-refractivity contribution in [1.29, 1.82) is 0 Å². The maximum Gasteiger partial charge on any atom is 0.277 e. The maximum atomic E-state index is 11.9. The van der Waals surface area contributed by atoms with Crippen LogP contribution in [0.25, 0.3) is 0 Å². The van der Waals surface area contributed by atoms with Gasteiger partial charge in [0.05, 0.1) is 12.9 Å². The van der Waals surface area contributed by atoms with Gasteiger partial charge in [0.15, 0.2) is 6.61 Å². The van der Waals surface area contributed by atoms with Gasteiger partial charge in [0.25, 0.3) is 11.1 Å². The minimum atomic E-state index is -0.215. The summed E-state index contributed by atoms with van der Waals surface area (Å²) in [6, 6.07) is 7.16. The molecule has 0 aliphatic heterocycles. The van der Waals surface area contributed by atoms with Gasteiger partial charge in [-0.2, -0.15) is 0 Å². The molecule has 27 heavy (non-hydrogen) atoms. The van der Waals surface area contributed by atoms with Gasteiger partial charge in [-0.25, -0.2) is 0 Å². The van der Waals surface area contributed by atoms with Gasteiger partial charge in [0.1, 0.15) is 16.5 Å². The Balaban J connectivity index is 1.43. The molecule has 142 valence electrons. The zero-order chi connectivity index (χ0) is 19.1. The van der Waals surface area contributed by atoms with Gasteiger partial charge in [0, 0.05) is 0 Å². The predicted octanol–water partition coefficient (Wildman–Crippen LogP) is 2.80. The Morgan fingerprint density at radius 2 is 1.96 bits per heavy atom. The highest BCUT2D eigenvalue weighted by atomic mass is 32.2. The van der Waals surface area contributed by atoms with Crippen molar-refractivity contribution in [3.8, 4) is 11.5 Å². The molecular formula is C16H17N5O4S2. The standard InChI is InChI=1S/C16H17N5O4S2/c1-3-14-19-20-15(27-14)17-12(22)9-26-16-21-18-13(25-16)8-24-11-6-4-10(23-2)5-7-11/h4-7H,3,8-9H2,1-2H3,(H,17,20,22). The molecular weight excluding hydrogens is 390 g/mol. The highest BCUT2D eigenvalue weighted by Crippen LogP contribution is 2.21. The molecule has 0 bridgehead atoms. The SMILES string of the molecule is CCc1nnc(NC(=O)CSc2nnc(COc3ccc(OC)cc3)o2)s1. The number of rotatable bonds is 9. The topological polar surface area (TPSA) is 112 Å². The summed E-state index contributed by atoms with van der Waals surface area (Å²) in [5.41, 5.74) is 0. The predicted molar refractivity (Wildman–Crippen MR) is 100 cm³/mol. The monoisotopic (exact) mass is 407 g/mol. The van der Waals surface area contributed by atoms with E-state index in [9.17, 15) is 4.79 Å². The van der Waals surface area contributed by atoms with Crippen LogP contribution in [-0.2, 0) is 17.8 Å². The van der Waals surface area contributed by atoms with Crippen LogP contribution in [0, 0.1) is 0 Å². The molecule has 0 aliphatic rings. The highest BCUT2D eigenvalue weighted by Gasteiger charge is 2.12. The van der Waals surface area contributed by atoms with E-state index in [-0.39, 0.29) is 18.3 Å². The fourth-order valence-electron chi connectivity index (χ4n) is 1.90. The number of hydrogen-bond donors (Lipinski definition) is 1. The number of methoxy groups -OCH3 is 1. The molecule has 1 N–H and O–H groups in total. The van der Waals surface area contributed by atoms with Gasteiger partial charge in [-0.05, 0) is 30.7 Å². The quantitative estimate of drug-likeness (QED) is 0.535. The summed E-state index contributed by atoms with van der Waals surface area (Å²) < 4.78 is 16.1. The van der Waals surface area contributed by atoms with Crippen LogP contribution >= 0.6 is 23.1 Å². The van der Waals surface area contributed by atoms with E-state index >= 15 is 0 Å². The van der Waals surface area contributed by atoms with E-state index in [0.29, 0.717) is 22.0 Å². The average Bonchev–Trinajstić information content (AvgIpc) is 3.34. The van der Waals surface area contributed by atoms with Gasteiger partial charge < -0.3 is 13.9 Å². The van der Waals surface area contributed by atoms with Crippen molar-refractivity contribution in [3.05, 3.63) is 35.2 Å². The van der Waals surface area contributed by atoms with Crippen LogP contribution in [0.3, 0.4) is 0 Å². The van der Waals surface area contributed by atoms with Gasteiger partial charge in [-0.3, -0.25) is 10.1 Å². The van der Waals surface area contributed by atoms with Gasteiger partial charge in [0.2, 0.25) is 11.0 Å². The van der Waals surface area contributed by atoms with Crippen LogP contribution in [-0.4, -0.2) is 39.2 Å². The molecule has 11 heteroatoms. The first-order chi connectivity index (χ1) is 13.2. The van der Waals surface area contributed by atoms with Crippen molar-refractivity contribution in [3.63, 3.8) is 0 Å². The number of amides is 1. The zero-order valence-corrected chi connectivity index (χ0v) is 16.3. The summed E-state index contributed by atoms with van der Waals surface area (Å²) in [5.74, 6) is 1.64. The third-order valence-electron chi connectivity index (χ3n) is 3.21. The van der Waals surface area contributed by atoms with Crippen molar-refractivity contribution in [2.45, 2.75) is 25.2 Å². The van der Waals surface area contributed by atoms with E-state index in [4.69, 9.17) is 13.9 Å². The number of thioether (sulfide) groups is 1. The average molecular weight is 407 g/mol. The van der Waals surface area contributed by atoms with Crippen LogP contribution in [0.2, 0.25) is 0 Å². The molecule has 0 atom stereocenters. The Morgan fingerprint density at radius 1 is 1.19 bits per heavy atom. The van der Waals surface area contributed by atoms with E-state index in [1.807, 2.05) is 6.92 Å². The van der Waals surface area contributed by atoms with Gasteiger partial charge in [-0.15, -0.1) is 20.4 Å². The summed E-state index contributed by atoms with van der Waals surface area (Å²) in [6.45, 7) is 2.12. The van der Waals surface area contributed by atoms with Crippen LogP contribution < -0.4 is 14.8 Å². The Bertz CT molecular complexity index is 881. The van der Waals surface area contributed by atoms with Gasteiger partial charge >= 0.3 is 0 Å². The number of ether oxygens (including phenoxy) is 2. The van der Waals surface area contributed by atoms with E-state index in [1.54, 1.807) is 31.4 Å². The molecule has 0 radical (unpaired) electrons. The lowest BCUT2D eigenvalue weighted by atomic mass is 10.3. The number of aryl methyl sites for hydroxylation is 1. The lowest BCUT2D eigenvalue weighted by Crippen LogP contribution is -2.13. The fourth-order valence-corrected chi connectivity index (χ4v) is 3.18. The lowest BCUT2D eigenvalue weighted by Gasteiger charge is -2.04. The molecule has 9 nitrogen and oxygen atoms in total. The molecule has 3 rings (SSSR count). The van der Waals surface area contributed by atoms with Crippen LogP contribution in [0.15, 0.2) is 33.9 Å². The third-order valence-corrected chi connectivity index (χ3v) is 5.01. The highest BCUT2D eigenvalue weighted by molar-refractivity contribution is 7.99. The third kappa shape index (κ3) is 5.66. The second kappa shape index (κ2) is 9.33. The first-order valence-electron chi connectivity index (χ1n) is 8.00. The Kier molecular flexibility index (Phi) is 6.60. The Labute approximate surface area is 163 Å². The Hall–Kier alpha value is -2.66. The molecule has 1 amide bonds. The van der Waals surface area contributed by atoms with Crippen molar-refractivity contribution >= 4 is 34.1 Å². The first-order valence-corrected chi connectivity index (χ1v) is 9.80. The Morgan fingerprint density at radius 3 is 2.67 bits per heavy atom. The fraction of sp³-hybridized carbons (Fsp3) is 0.312. The van der Waals surface area contributed by atoms with Crippen molar-refractivity contribution in [2.24, 2.45) is 0 Å². The number of anilines is 1. The molecule has 2 aromatic heterocycles. The molecule has 0 saturated carbocycles. The van der Waals surface area contributed by atoms with Crippen molar-refractivity contribution < 1.29 is 18.7 Å². The van der Waals surface area contributed by atoms with E-state index < -0.39 is 0 Å². The summed E-state index contributed by atoms with van der Waals surface area (Å²) >= 11 is 2.49. The second-order valence-corrected chi connectivity index (χ2v) is 7.11. The minimum Gasteiger partial charge on any atom is -0.497 e.